The highest BCUT2D eigenvalue weighted by atomic mass is 35.5. The Bertz CT molecular complexity index is 492. The van der Waals surface area contributed by atoms with E-state index >= 15 is 0 Å². The first-order chi connectivity index (χ1) is 8.19. The molecule has 0 saturated heterocycles. The van der Waals surface area contributed by atoms with E-state index in [1.165, 1.54) is 16.8 Å². The summed E-state index contributed by atoms with van der Waals surface area (Å²) in [6.45, 7) is 4.32. The van der Waals surface area contributed by atoms with E-state index in [2.05, 4.69) is 48.8 Å². The lowest BCUT2D eigenvalue weighted by Gasteiger charge is -2.14. The summed E-state index contributed by atoms with van der Waals surface area (Å²) in [5.41, 5.74) is 3.76. The van der Waals surface area contributed by atoms with Crippen molar-refractivity contribution in [3.05, 3.63) is 51.2 Å². The molecular formula is C14H16ClNS. The van der Waals surface area contributed by atoms with Crippen LogP contribution in [0.5, 0.6) is 0 Å². The van der Waals surface area contributed by atoms with Crippen LogP contribution in [0.1, 0.15) is 31.0 Å². The van der Waals surface area contributed by atoms with Crippen LogP contribution in [0.3, 0.4) is 0 Å². The quantitative estimate of drug-likeness (QED) is 0.807. The fraction of sp³-hybridized carbons (Fsp3) is 0.286. The van der Waals surface area contributed by atoms with Gasteiger partial charge in [0.1, 0.15) is 0 Å². The van der Waals surface area contributed by atoms with Crippen LogP contribution in [0.25, 0.3) is 0 Å². The Hall–Kier alpha value is -0.990. The number of thiophene rings is 1. The van der Waals surface area contributed by atoms with Crippen LogP contribution in [0, 0.1) is 0 Å². The Morgan fingerprint density at radius 3 is 2.82 bits per heavy atom. The van der Waals surface area contributed by atoms with E-state index in [1.54, 1.807) is 11.3 Å². The van der Waals surface area contributed by atoms with Crippen molar-refractivity contribution in [1.82, 2.24) is 0 Å². The third kappa shape index (κ3) is 3.24. The molecule has 1 N–H and O–H groups in total. The molecule has 1 atom stereocenters. The van der Waals surface area contributed by atoms with Crippen molar-refractivity contribution >= 4 is 28.6 Å². The molecule has 0 aliphatic carbocycles. The van der Waals surface area contributed by atoms with E-state index in [1.807, 2.05) is 6.07 Å². The summed E-state index contributed by atoms with van der Waals surface area (Å²) in [5.74, 6) is 0. The molecule has 1 heterocycles. The zero-order chi connectivity index (χ0) is 12.3. The van der Waals surface area contributed by atoms with Gasteiger partial charge in [0.25, 0.3) is 0 Å². The first kappa shape index (κ1) is 12.5. The molecule has 0 spiro atoms. The lowest BCUT2D eigenvalue weighted by atomic mass is 10.1. The van der Waals surface area contributed by atoms with Crippen LogP contribution in [0.2, 0.25) is 4.34 Å². The molecule has 1 nitrogen and oxygen atoms in total. The van der Waals surface area contributed by atoms with Gasteiger partial charge in [-0.15, -0.1) is 11.3 Å². The van der Waals surface area contributed by atoms with E-state index in [0.717, 1.165) is 10.8 Å². The van der Waals surface area contributed by atoms with Crippen LogP contribution in [-0.4, -0.2) is 0 Å². The zero-order valence-electron chi connectivity index (χ0n) is 10.0. The average Bonchev–Trinajstić information content (AvgIpc) is 2.76. The number of rotatable bonds is 4. The summed E-state index contributed by atoms with van der Waals surface area (Å²) in [5, 5.41) is 5.60. The first-order valence-electron chi connectivity index (χ1n) is 5.78. The van der Waals surface area contributed by atoms with Crippen molar-refractivity contribution in [2.45, 2.75) is 26.3 Å². The lowest BCUT2D eigenvalue weighted by molar-refractivity contribution is 0.889. The maximum absolute atomic E-state index is 5.95. The Kier molecular flexibility index (Phi) is 4.08. The molecule has 1 aromatic heterocycles. The molecular weight excluding hydrogens is 250 g/mol. The van der Waals surface area contributed by atoms with Gasteiger partial charge in [-0.2, -0.15) is 0 Å². The summed E-state index contributed by atoms with van der Waals surface area (Å²) in [7, 11) is 0. The molecule has 2 rings (SSSR count). The lowest BCUT2D eigenvalue weighted by Crippen LogP contribution is -2.05. The first-order valence-corrected chi connectivity index (χ1v) is 7.04. The van der Waals surface area contributed by atoms with Crippen molar-refractivity contribution in [2.75, 3.05) is 5.32 Å². The maximum Gasteiger partial charge on any atom is 0.0931 e. The molecule has 0 fully saturated rings. The van der Waals surface area contributed by atoms with Gasteiger partial charge in [0, 0.05) is 11.7 Å². The van der Waals surface area contributed by atoms with Crippen LogP contribution in [0.4, 0.5) is 5.69 Å². The van der Waals surface area contributed by atoms with Gasteiger partial charge < -0.3 is 5.32 Å². The number of anilines is 1. The molecule has 0 saturated carbocycles. The third-order valence-corrected chi connectivity index (χ3v) is 3.92. The van der Waals surface area contributed by atoms with Gasteiger partial charge in [0.15, 0.2) is 0 Å². The largest absolute Gasteiger partial charge is 0.378 e. The smallest absolute Gasteiger partial charge is 0.0931 e. The van der Waals surface area contributed by atoms with E-state index < -0.39 is 0 Å². The SMILES string of the molecule is CCc1cccc(NC(C)c2csc(Cl)c2)c1. The minimum Gasteiger partial charge on any atom is -0.378 e. The summed E-state index contributed by atoms with van der Waals surface area (Å²) in [4.78, 5) is 0. The molecule has 90 valence electrons. The van der Waals surface area contributed by atoms with Crippen LogP contribution in [-0.2, 0) is 6.42 Å². The second-order valence-corrected chi connectivity index (χ2v) is 5.65. The molecule has 0 radical (unpaired) electrons. The zero-order valence-corrected chi connectivity index (χ0v) is 11.6. The average molecular weight is 266 g/mol. The Balaban J connectivity index is 2.09. The second kappa shape index (κ2) is 5.56. The molecule has 2 aromatic rings. The second-order valence-electron chi connectivity index (χ2n) is 4.10. The molecule has 3 heteroatoms. The summed E-state index contributed by atoms with van der Waals surface area (Å²) >= 11 is 7.52. The number of hydrogen-bond acceptors (Lipinski definition) is 2. The maximum atomic E-state index is 5.95. The standard InChI is InChI=1S/C14H16ClNS/c1-3-11-5-4-6-13(7-11)16-10(2)12-8-14(15)17-9-12/h4-10,16H,3H2,1-2H3. The summed E-state index contributed by atoms with van der Waals surface area (Å²) < 4.78 is 0.843. The predicted octanol–water partition coefficient (Wildman–Crippen LogP) is 5.14. The van der Waals surface area contributed by atoms with Gasteiger partial charge in [-0.3, -0.25) is 0 Å². The van der Waals surface area contributed by atoms with Gasteiger partial charge in [-0.1, -0.05) is 30.7 Å². The number of benzene rings is 1. The molecule has 0 bridgehead atoms. The van der Waals surface area contributed by atoms with Crippen LogP contribution in [0.15, 0.2) is 35.7 Å². The van der Waals surface area contributed by atoms with Gasteiger partial charge in [0.2, 0.25) is 0 Å². The van der Waals surface area contributed by atoms with Gasteiger partial charge >= 0.3 is 0 Å². The van der Waals surface area contributed by atoms with E-state index in [-0.39, 0.29) is 6.04 Å². The van der Waals surface area contributed by atoms with Crippen LogP contribution >= 0.6 is 22.9 Å². The number of nitrogens with one attached hydrogen (secondary N) is 1. The van der Waals surface area contributed by atoms with E-state index in [9.17, 15) is 0 Å². The monoisotopic (exact) mass is 265 g/mol. The molecule has 1 aromatic carbocycles. The van der Waals surface area contributed by atoms with Crippen molar-refractivity contribution in [3.8, 4) is 0 Å². The number of aryl methyl sites for hydroxylation is 1. The molecule has 17 heavy (non-hydrogen) atoms. The number of hydrogen-bond donors (Lipinski definition) is 1. The Labute approximate surface area is 111 Å². The Morgan fingerprint density at radius 1 is 1.35 bits per heavy atom. The summed E-state index contributed by atoms with van der Waals surface area (Å²) in [6, 6.07) is 10.8. The molecule has 0 aliphatic heterocycles. The van der Waals surface area contributed by atoms with E-state index in [4.69, 9.17) is 11.6 Å². The minimum atomic E-state index is 0.283. The van der Waals surface area contributed by atoms with Crippen molar-refractivity contribution < 1.29 is 0 Å². The predicted molar refractivity (Wildman–Crippen MR) is 77.2 cm³/mol. The normalized spacial score (nSPS) is 12.4. The highest BCUT2D eigenvalue weighted by Gasteiger charge is 2.07. The van der Waals surface area contributed by atoms with Gasteiger partial charge in [0.05, 0.1) is 4.34 Å². The van der Waals surface area contributed by atoms with Gasteiger partial charge in [-0.05, 0) is 48.1 Å². The van der Waals surface area contributed by atoms with E-state index in [0.29, 0.717) is 0 Å². The topological polar surface area (TPSA) is 12.0 Å². The van der Waals surface area contributed by atoms with Gasteiger partial charge in [-0.25, -0.2) is 0 Å². The molecule has 0 aliphatic rings. The molecule has 1 unspecified atom stereocenters. The number of halogens is 1. The van der Waals surface area contributed by atoms with Crippen molar-refractivity contribution in [3.63, 3.8) is 0 Å². The highest BCUT2D eigenvalue weighted by Crippen LogP contribution is 2.27. The van der Waals surface area contributed by atoms with Crippen LogP contribution < -0.4 is 5.32 Å². The fourth-order valence-corrected chi connectivity index (χ4v) is 2.75. The third-order valence-electron chi connectivity index (χ3n) is 2.81. The van der Waals surface area contributed by atoms with Crippen molar-refractivity contribution in [1.29, 1.82) is 0 Å². The minimum absolute atomic E-state index is 0.283. The Morgan fingerprint density at radius 2 is 2.18 bits per heavy atom. The highest BCUT2D eigenvalue weighted by molar-refractivity contribution is 7.14. The summed E-state index contributed by atoms with van der Waals surface area (Å²) in [6.07, 6.45) is 1.06. The van der Waals surface area contributed by atoms with Crippen molar-refractivity contribution in [2.24, 2.45) is 0 Å². The fourth-order valence-electron chi connectivity index (χ4n) is 1.76. The molecule has 0 amide bonds.